The van der Waals surface area contributed by atoms with Crippen LogP contribution >= 0.6 is 12.4 Å². The Morgan fingerprint density at radius 1 is 1.22 bits per heavy atom. The molecule has 0 atom stereocenters. The molecule has 0 radical (unpaired) electrons. The van der Waals surface area contributed by atoms with E-state index in [-0.39, 0.29) is 24.9 Å². The van der Waals surface area contributed by atoms with E-state index in [1.807, 2.05) is 39.1 Å². The first-order chi connectivity index (χ1) is 8.15. The lowest BCUT2D eigenvalue weighted by molar-refractivity contribution is -0.123. The Hall–Kier alpha value is -1.26. The SMILES string of the molecule is CNCCNC(=O)COc1c(C)cccc1C.Cl. The largest absolute Gasteiger partial charge is 0.483 e. The van der Waals surface area contributed by atoms with Crippen molar-refractivity contribution in [2.24, 2.45) is 0 Å². The lowest BCUT2D eigenvalue weighted by Gasteiger charge is -2.11. The normalized spacial score (nSPS) is 9.50. The molecule has 18 heavy (non-hydrogen) atoms. The van der Waals surface area contributed by atoms with Gasteiger partial charge in [-0.25, -0.2) is 0 Å². The fraction of sp³-hybridized carbons (Fsp3) is 0.462. The van der Waals surface area contributed by atoms with E-state index in [1.54, 1.807) is 0 Å². The summed E-state index contributed by atoms with van der Waals surface area (Å²) in [6, 6.07) is 5.92. The molecule has 1 aromatic rings. The minimum absolute atomic E-state index is 0. The number of aryl methyl sites for hydroxylation is 2. The minimum atomic E-state index is -0.0945. The molecule has 0 aliphatic rings. The third kappa shape index (κ3) is 5.38. The molecule has 1 amide bonds. The molecule has 0 spiro atoms. The van der Waals surface area contributed by atoms with Gasteiger partial charge < -0.3 is 15.4 Å². The Morgan fingerprint density at radius 2 is 1.83 bits per heavy atom. The zero-order valence-electron chi connectivity index (χ0n) is 11.1. The van der Waals surface area contributed by atoms with Crippen LogP contribution in [0.5, 0.6) is 5.75 Å². The first-order valence-electron chi connectivity index (χ1n) is 5.75. The Balaban J connectivity index is 0.00000289. The first-order valence-corrected chi connectivity index (χ1v) is 5.75. The highest BCUT2D eigenvalue weighted by Crippen LogP contribution is 2.21. The van der Waals surface area contributed by atoms with Crippen molar-refractivity contribution in [1.82, 2.24) is 10.6 Å². The van der Waals surface area contributed by atoms with Crippen LogP contribution in [0.25, 0.3) is 0 Å². The van der Waals surface area contributed by atoms with Gasteiger partial charge in [-0.1, -0.05) is 18.2 Å². The standard InChI is InChI=1S/C13H20N2O2.ClH/c1-10-5-4-6-11(2)13(10)17-9-12(16)15-8-7-14-3;/h4-6,14H,7-9H2,1-3H3,(H,15,16);1H. The molecule has 0 heterocycles. The minimum Gasteiger partial charge on any atom is -0.483 e. The Kier molecular flexibility index (Phi) is 8.16. The number of ether oxygens (including phenoxy) is 1. The Bertz CT molecular complexity index is 363. The zero-order valence-corrected chi connectivity index (χ0v) is 11.9. The van der Waals surface area contributed by atoms with Gasteiger partial charge in [-0.15, -0.1) is 12.4 Å². The summed E-state index contributed by atoms with van der Waals surface area (Å²) in [4.78, 5) is 11.4. The van der Waals surface area contributed by atoms with Crippen LogP contribution in [0.2, 0.25) is 0 Å². The molecule has 0 aliphatic carbocycles. The molecule has 2 N–H and O–H groups in total. The van der Waals surface area contributed by atoms with Crippen molar-refractivity contribution >= 4 is 18.3 Å². The number of hydrogen-bond donors (Lipinski definition) is 2. The van der Waals surface area contributed by atoms with Crippen molar-refractivity contribution in [3.8, 4) is 5.75 Å². The van der Waals surface area contributed by atoms with Crippen molar-refractivity contribution in [1.29, 1.82) is 0 Å². The summed E-state index contributed by atoms with van der Waals surface area (Å²) in [5.74, 6) is 0.708. The maximum Gasteiger partial charge on any atom is 0.257 e. The van der Waals surface area contributed by atoms with E-state index < -0.39 is 0 Å². The smallest absolute Gasteiger partial charge is 0.257 e. The van der Waals surface area contributed by atoms with E-state index in [2.05, 4.69) is 10.6 Å². The van der Waals surface area contributed by atoms with E-state index in [0.717, 1.165) is 23.4 Å². The molecule has 0 aliphatic heterocycles. The maximum absolute atomic E-state index is 11.4. The number of benzene rings is 1. The number of likely N-dealkylation sites (N-methyl/N-ethyl adjacent to an activating group) is 1. The monoisotopic (exact) mass is 272 g/mol. The highest BCUT2D eigenvalue weighted by Gasteiger charge is 2.06. The lowest BCUT2D eigenvalue weighted by Crippen LogP contribution is -2.33. The van der Waals surface area contributed by atoms with Gasteiger partial charge in [0.25, 0.3) is 5.91 Å². The number of hydrogen-bond acceptors (Lipinski definition) is 3. The summed E-state index contributed by atoms with van der Waals surface area (Å²) in [6.45, 7) is 5.39. The number of nitrogens with one attached hydrogen (secondary N) is 2. The number of rotatable bonds is 6. The molecule has 0 aromatic heterocycles. The second kappa shape index (κ2) is 8.78. The zero-order chi connectivity index (χ0) is 12.7. The number of halogens is 1. The van der Waals surface area contributed by atoms with Crippen LogP contribution in [0, 0.1) is 13.8 Å². The number of amides is 1. The van der Waals surface area contributed by atoms with Crippen molar-refractivity contribution in [2.75, 3.05) is 26.7 Å². The number of para-hydroxylation sites is 1. The summed E-state index contributed by atoms with van der Waals surface area (Å²) >= 11 is 0. The molecule has 0 saturated heterocycles. The topological polar surface area (TPSA) is 50.4 Å². The molecule has 102 valence electrons. The summed E-state index contributed by atoms with van der Waals surface area (Å²) < 4.78 is 5.53. The van der Waals surface area contributed by atoms with Crippen LogP contribution in [0.4, 0.5) is 0 Å². The molecule has 0 unspecified atom stereocenters. The molecule has 0 saturated carbocycles. The summed E-state index contributed by atoms with van der Waals surface area (Å²) in [6.07, 6.45) is 0. The third-order valence-corrected chi connectivity index (χ3v) is 2.45. The van der Waals surface area contributed by atoms with Crippen LogP contribution in [0.1, 0.15) is 11.1 Å². The highest BCUT2D eigenvalue weighted by atomic mass is 35.5. The predicted octanol–water partition coefficient (Wildman–Crippen LogP) is 1.44. The van der Waals surface area contributed by atoms with Gasteiger partial charge in [0.15, 0.2) is 6.61 Å². The van der Waals surface area contributed by atoms with Gasteiger partial charge in [-0.3, -0.25) is 4.79 Å². The van der Waals surface area contributed by atoms with Crippen molar-refractivity contribution in [2.45, 2.75) is 13.8 Å². The second-order valence-electron chi connectivity index (χ2n) is 3.96. The van der Waals surface area contributed by atoms with Gasteiger partial charge in [0.05, 0.1) is 0 Å². The third-order valence-electron chi connectivity index (χ3n) is 2.45. The molecule has 0 fully saturated rings. The molecule has 5 heteroatoms. The van der Waals surface area contributed by atoms with Crippen molar-refractivity contribution in [3.63, 3.8) is 0 Å². The van der Waals surface area contributed by atoms with Gasteiger partial charge in [0.1, 0.15) is 5.75 Å². The highest BCUT2D eigenvalue weighted by molar-refractivity contribution is 5.85. The lowest BCUT2D eigenvalue weighted by atomic mass is 10.1. The predicted molar refractivity (Wildman–Crippen MR) is 75.6 cm³/mol. The average molecular weight is 273 g/mol. The molecular weight excluding hydrogens is 252 g/mol. The van der Waals surface area contributed by atoms with Gasteiger partial charge >= 0.3 is 0 Å². The van der Waals surface area contributed by atoms with E-state index >= 15 is 0 Å². The quantitative estimate of drug-likeness (QED) is 0.771. The fourth-order valence-electron chi connectivity index (χ4n) is 1.54. The van der Waals surface area contributed by atoms with Gasteiger partial charge in [-0.05, 0) is 32.0 Å². The number of carbonyl (C=O) groups is 1. The number of carbonyl (C=O) groups excluding carboxylic acids is 1. The van der Waals surface area contributed by atoms with Crippen molar-refractivity contribution in [3.05, 3.63) is 29.3 Å². The molecule has 1 rings (SSSR count). The van der Waals surface area contributed by atoms with E-state index in [1.165, 1.54) is 0 Å². The Morgan fingerprint density at radius 3 is 2.39 bits per heavy atom. The molecule has 4 nitrogen and oxygen atoms in total. The second-order valence-corrected chi connectivity index (χ2v) is 3.96. The van der Waals surface area contributed by atoms with Crippen molar-refractivity contribution < 1.29 is 9.53 Å². The maximum atomic E-state index is 11.4. The summed E-state index contributed by atoms with van der Waals surface area (Å²) in [5, 5.41) is 5.73. The van der Waals surface area contributed by atoms with Crippen LogP contribution in [0.15, 0.2) is 18.2 Å². The van der Waals surface area contributed by atoms with Gasteiger partial charge in [0, 0.05) is 13.1 Å². The summed E-state index contributed by atoms with van der Waals surface area (Å²) in [5.41, 5.74) is 2.10. The summed E-state index contributed by atoms with van der Waals surface area (Å²) in [7, 11) is 1.85. The van der Waals surface area contributed by atoms with Gasteiger partial charge in [-0.2, -0.15) is 0 Å². The van der Waals surface area contributed by atoms with Crippen LogP contribution in [0.3, 0.4) is 0 Å². The first kappa shape index (κ1) is 16.7. The van der Waals surface area contributed by atoms with E-state index in [0.29, 0.717) is 6.54 Å². The van der Waals surface area contributed by atoms with E-state index in [4.69, 9.17) is 4.74 Å². The molecule has 0 bridgehead atoms. The Labute approximate surface area is 115 Å². The van der Waals surface area contributed by atoms with Crippen LogP contribution < -0.4 is 15.4 Å². The molecular formula is C13H21ClN2O2. The van der Waals surface area contributed by atoms with E-state index in [9.17, 15) is 4.79 Å². The van der Waals surface area contributed by atoms with Crippen LogP contribution in [-0.2, 0) is 4.79 Å². The van der Waals surface area contributed by atoms with Crippen LogP contribution in [-0.4, -0.2) is 32.7 Å². The fourth-order valence-corrected chi connectivity index (χ4v) is 1.54. The average Bonchev–Trinajstić information content (AvgIpc) is 2.29. The van der Waals surface area contributed by atoms with Gasteiger partial charge in [0.2, 0.25) is 0 Å². The molecule has 1 aromatic carbocycles.